The monoisotopic (exact) mass is 302 g/mol. The molecule has 4 rings (SSSR count). The molecule has 1 N–H and O–H groups in total. The van der Waals surface area contributed by atoms with E-state index in [9.17, 15) is 5.11 Å². The zero-order valence-electron chi connectivity index (χ0n) is 13.2. The standard InChI is InChI=1S/C20H18N2O/c1-13-9-10-22-18(11-13)21-19(20(22)14(2)23)17-8-7-15-5-3-4-6-16(15)12-17/h3-12,14,23H,1-2H3. The summed E-state index contributed by atoms with van der Waals surface area (Å²) in [5.74, 6) is 0. The average Bonchev–Trinajstić information content (AvgIpc) is 2.93. The molecule has 0 aliphatic heterocycles. The molecule has 1 atom stereocenters. The van der Waals surface area contributed by atoms with E-state index in [0.29, 0.717) is 0 Å². The number of aryl methyl sites for hydroxylation is 1. The topological polar surface area (TPSA) is 37.5 Å². The molecule has 1 unspecified atom stereocenters. The van der Waals surface area contributed by atoms with E-state index in [0.717, 1.165) is 28.2 Å². The Morgan fingerprint density at radius 1 is 1.00 bits per heavy atom. The fourth-order valence-corrected chi connectivity index (χ4v) is 3.11. The summed E-state index contributed by atoms with van der Waals surface area (Å²) >= 11 is 0. The molecule has 0 bridgehead atoms. The maximum absolute atomic E-state index is 10.3. The van der Waals surface area contributed by atoms with Crippen molar-refractivity contribution in [2.45, 2.75) is 20.0 Å². The Balaban J connectivity index is 2.00. The van der Waals surface area contributed by atoms with Crippen molar-refractivity contribution in [3.63, 3.8) is 0 Å². The van der Waals surface area contributed by atoms with E-state index >= 15 is 0 Å². The zero-order valence-corrected chi connectivity index (χ0v) is 13.2. The van der Waals surface area contributed by atoms with E-state index in [4.69, 9.17) is 4.98 Å². The molecule has 0 fully saturated rings. The van der Waals surface area contributed by atoms with E-state index in [1.807, 2.05) is 41.8 Å². The van der Waals surface area contributed by atoms with Gasteiger partial charge in [0, 0.05) is 11.8 Å². The Morgan fingerprint density at radius 2 is 1.78 bits per heavy atom. The quantitative estimate of drug-likeness (QED) is 0.591. The first-order valence-corrected chi connectivity index (χ1v) is 7.79. The molecule has 2 aromatic carbocycles. The highest BCUT2D eigenvalue weighted by molar-refractivity contribution is 5.87. The smallest absolute Gasteiger partial charge is 0.138 e. The molecule has 0 saturated carbocycles. The number of aromatic nitrogens is 2. The van der Waals surface area contributed by atoms with Crippen molar-refractivity contribution in [3.05, 3.63) is 72.1 Å². The fraction of sp³-hybridized carbons (Fsp3) is 0.150. The summed E-state index contributed by atoms with van der Waals surface area (Å²) in [5, 5.41) is 12.7. The van der Waals surface area contributed by atoms with Crippen molar-refractivity contribution in [3.8, 4) is 11.3 Å². The summed E-state index contributed by atoms with van der Waals surface area (Å²) in [6.45, 7) is 3.83. The lowest BCUT2D eigenvalue weighted by molar-refractivity contribution is 0.194. The van der Waals surface area contributed by atoms with Crippen LogP contribution in [0.15, 0.2) is 60.8 Å². The van der Waals surface area contributed by atoms with Crippen LogP contribution in [0.1, 0.15) is 24.3 Å². The summed E-state index contributed by atoms with van der Waals surface area (Å²) in [6.07, 6.45) is 1.39. The van der Waals surface area contributed by atoms with Gasteiger partial charge in [-0.05, 0) is 48.4 Å². The molecule has 0 aliphatic carbocycles. The van der Waals surface area contributed by atoms with Crippen molar-refractivity contribution < 1.29 is 5.11 Å². The molecule has 0 radical (unpaired) electrons. The van der Waals surface area contributed by atoms with Gasteiger partial charge in [0.25, 0.3) is 0 Å². The van der Waals surface area contributed by atoms with E-state index in [-0.39, 0.29) is 0 Å². The van der Waals surface area contributed by atoms with Gasteiger partial charge in [0.2, 0.25) is 0 Å². The molecule has 2 heterocycles. The molecule has 4 aromatic rings. The van der Waals surface area contributed by atoms with Crippen molar-refractivity contribution in [2.75, 3.05) is 0 Å². The van der Waals surface area contributed by atoms with Gasteiger partial charge < -0.3 is 9.51 Å². The molecule has 0 spiro atoms. The maximum atomic E-state index is 10.3. The highest BCUT2D eigenvalue weighted by atomic mass is 16.3. The third kappa shape index (κ3) is 2.30. The number of fused-ring (bicyclic) bond motifs is 2. The highest BCUT2D eigenvalue weighted by Gasteiger charge is 2.18. The van der Waals surface area contributed by atoms with Crippen molar-refractivity contribution in [2.24, 2.45) is 0 Å². The number of imidazole rings is 1. The van der Waals surface area contributed by atoms with Gasteiger partial charge in [-0.1, -0.05) is 36.4 Å². The molecular formula is C20H18N2O. The Labute approximate surface area is 134 Å². The van der Waals surface area contributed by atoms with Crippen LogP contribution in [-0.2, 0) is 0 Å². The normalized spacial score (nSPS) is 12.8. The van der Waals surface area contributed by atoms with Crippen LogP contribution < -0.4 is 0 Å². The van der Waals surface area contributed by atoms with Crippen LogP contribution in [0.2, 0.25) is 0 Å². The second kappa shape index (κ2) is 5.21. The van der Waals surface area contributed by atoms with Crippen LogP contribution in [0.4, 0.5) is 0 Å². The van der Waals surface area contributed by atoms with Crippen molar-refractivity contribution in [1.82, 2.24) is 9.38 Å². The second-order valence-corrected chi connectivity index (χ2v) is 6.02. The van der Waals surface area contributed by atoms with Gasteiger partial charge in [0.1, 0.15) is 5.65 Å². The lowest BCUT2D eigenvalue weighted by Crippen LogP contribution is -1.99. The minimum absolute atomic E-state index is 0.589. The molecule has 0 aliphatic rings. The van der Waals surface area contributed by atoms with Gasteiger partial charge >= 0.3 is 0 Å². The summed E-state index contributed by atoms with van der Waals surface area (Å²) in [6, 6.07) is 18.7. The summed E-state index contributed by atoms with van der Waals surface area (Å²) < 4.78 is 1.97. The molecule has 114 valence electrons. The van der Waals surface area contributed by atoms with Crippen LogP contribution in [0.25, 0.3) is 27.7 Å². The molecule has 0 saturated heterocycles. The number of rotatable bonds is 2. The Hall–Kier alpha value is -2.65. The Kier molecular flexibility index (Phi) is 3.17. The van der Waals surface area contributed by atoms with Crippen LogP contribution in [-0.4, -0.2) is 14.5 Å². The van der Waals surface area contributed by atoms with Crippen LogP contribution in [0.5, 0.6) is 0 Å². The first kappa shape index (κ1) is 14.0. The fourth-order valence-electron chi connectivity index (χ4n) is 3.11. The number of aliphatic hydroxyl groups is 1. The van der Waals surface area contributed by atoms with Gasteiger partial charge in [-0.3, -0.25) is 0 Å². The zero-order chi connectivity index (χ0) is 16.0. The molecule has 3 nitrogen and oxygen atoms in total. The Bertz CT molecular complexity index is 1010. The lowest BCUT2D eigenvalue weighted by Gasteiger charge is -2.09. The minimum Gasteiger partial charge on any atom is -0.387 e. The summed E-state index contributed by atoms with van der Waals surface area (Å²) in [5.41, 5.74) is 4.72. The van der Waals surface area contributed by atoms with Gasteiger partial charge in [-0.2, -0.15) is 0 Å². The summed E-state index contributed by atoms with van der Waals surface area (Å²) in [7, 11) is 0. The maximum Gasteiger partial charge on any atom is 0.138 e. The third-order valence-corrected chi connectivity index (χ3v) is 4.24. The predicted octanol–water partition coefficient (Wildman–Crippen LogP) is 4.52. The molecule has 2 aromatic heterocycles. The number of hydrogen-bond acceptors (Lipinski definition) is 2. The van der Waals surface area contributed by atoms with Gasteiger partial charge in [0.05, 0.1) is 17.5 Å². The lowest BCUT2D eigenvalue weighted by atomic mass is 10.0. The van der Waals surface area contributed by atoms with Crippen molar-refractivity contribution >= 4 is 16.4 Å². The van der Waals surface area contributed by atoms with Crippen LogP contribution in [0, 0.1) is 6.92 Å². The highest BCUT2D eigenvalue weighted by Crippen LogP contribution is 2.31. The van der Waals surface area contributed by atoms with Crippen LogP contribution in [0.3, 0.4) is 0 Å². The SMILES string of the molecule is Cc1ccn2c(C(C)O)c(-c3ccc4ccccc4c3)nc2c1. The number of nitrogens with zero attached hydrogens (tertiary/aromatic N) is 2. The number of benzene rings is 2. The molecule has 23 heavy (non-hydrogen) atoms. The first-order chi connectivity index (χ1) is 11.1. The van der Waals surface area contributed by atoms with Crippen LogP contribution >= 0.6 is 0 Å². The summed E-state index contributed by atoms with van der Waals surface area (Å²) in [4.78, 5) is 4.77. The number of aliphatic hydroxyl groups excluding tert-OH is 1. The first-order valence-electron chi connectivity index (χ1n) is 7.79. The van der Waals surface area contributed by atoms with Gasteiger partial charge in [0.15, 0.2) is 0 Å². The van der Waals surface area contributed by atoms with E-state index in [2.05, 4.69) is 30.3 Å². The second-order valence-electron chi connectivity index (χ2n) is 6.02. The van der Waals surface area contributed by atoms with E-state index in [1.54, 1.807) is 6.92 Å². The van der Waals surface area contributed by atoms with E-state index in [1.165, 1.54) is 10.8 Å². The van der Waals surface area contributed by atoms with Gasteiger partial charge in [-0.15, -0.1) is 0 Å². The molecule has 0 amide bonds. The van der Waals surface area contributed by atoms with E-state index < -0.39 is 6.10 Å². The molecular weight excluding hydrogens is 284 g/mol. The average molecular weight is 302 g/mol. The number of hydrogen-bond donors (Lipinski definition) is 1. The molecule has 3 heteroatoms. The van der Waals surface area contributed by atoms with Crippen molar-refractivity contribution in [1.29, 1.82) is 0 Å². The predicted molar refractivity (Wildman–Crippen MR) is 93.5 cm³/mol. The number of pyridine rings is 1. The largest absolute Gasteiger partial charge is 0.387 e. The third-order valence-electron chi connectivity index (χ3n) is 4.24. The van der Waals surface area contributed by atoms with Gasteiger partial charge in [-0.25, -0.2) is 4.98 Å². The minimum atomic E-state index is -0.589. The Morgan fingerprint density at radius 3 is 2.57 bits per heavy atom.